The van der Waals surface area contributed by atoms with Crippen molar-refractivity contribution >= 4 is 26.8 Å². The van der Waals surface area contributed by atoms with Crippen molar-refractivity contribution < 1.29 is 17.6 Å². The molecule has 0 aliphatic carbocycles. The van der Waals surface area contributed by atoms with Gasteiger partial charge in [0.25, 0.3) is 15.9 Å². The number of carbonyl (C=O) groups excluding carboxylic acids is 1. The van der Waals surface area contributed by atoms with Gasteiger partial charge in [0.15, 0.2) is 5.76 Å². The van der Waals surface area contributed by atoms with Crippen LogP contribution in [0.15, 0.2) is 58.2 Å². The standard InChI is InChI=1S/C24H28N4O4S/c29-24(21-9-10-22(32-21)33(30,31)28-12-2-1-3-13-28)27-16-14-26(15-17-27)18-20-7-4-6-19-8-5-11-25-23(19)20/h4-11H,1-3,12-18H2. The molecule has 0 atom stereocenters. The van der Waals surface area contributed by atoms with E-state index in [0.29, 0.717) is 26.2 Å². The fraction of sp³-hybridized carbons (Fsp3) is 0.417. The van der Waals surface area contributed by atoms with Gasteiger partial charge < -0.3 is 9.32 Å². The highest BCUT2D eigenvalue weighted by Crippen LogP contribution is 2.24. The van der Waals surface area contributed by atoms with E-state index in [1.165, 1.54) is 22.0 Å². The summed E-state index contributed by atoms with van der Waals surface area (Å²) in [5, 5.41) is 0.979. The van der Waals surface area contributed by atoms with E-state index in [1.54, 1.807) is 4.90 Å². The van der Waals surface area contributed by atoms with Crippen LogP contribution in [0.5, 0.6) is 0 Å². The van der Waals surface area contributed by atoms with Crippen molar-refractivity contribution in [1.29, 1.82) is 0 Å². The zero-order chi connectivity index (χ0) is 22.8. The largest absolute Gasteiger partial charge is 0.438 e. The molecule has 4 heterocycles. The molecular weight excluding hydrogens is 440 g/mol. The van der Waals surface area contributed by atoms with Gasteiger partial charge in [-0.25, -0.2) is 8.42 Å². The van der Waals surface area contributed by atoms with Crippen LogP contribution in [0.1, 0.15) is 35.4 Å². The predicted molar refractivity (Wildman–Crippen MR) is 124 cm³/mol. The van der Waals surface area contributed by atoms with E-state index < -0.39 is 10.0 Å². The maximum atomic E-state index is 13.0. The Morgan fingerprint density at radius 1 is 0.909 bits per heavy atom. The second-order valence-electron chi connectivity index (χ2n) is 8.64. The summed E-state index contributed by atoms with van der Waals surface area (Å²) in [6, 6.07) is 13.1. The minimum absolute atomic E-state index is 0.0808. The molecule has 2 aliphatic heterocycles. The topological polar surface area (TPSA) is 87.0 Å². The zero-order valence-corrected chi connectivity index (χ0v) is 19.3. The molecule has 2 fully saturated rings. The summed E-state index contributed by atoms with van der Waals surface area (Å²) in [5.74, 6) is -0.182. The third-order valence-electron chi connectivity index (χ3n) is 6.47. The lowest BCUT2D eigenvalue weighted by Crippen LogP contribution is -2.48. The first kappa shape index (κ1) is 22.1. The first-order chi connectivity index (χ1) is 16.0. The Morgan fingerprint density at radius 2 is 1.67 bits per heavy atom. The van der Waals surface area contributed by atoms with Crippen molar-refractivity contribution in [1.82, 2.24) is 19.1 Å². The maximum absolute atomic E-state index is 13.0. The molecule has 1 aromatic carbocycles. The number of carbonyl (C=O) groups is 1. The molecule has 5 rings (SSSR count). The first-order valence-corrected chi connectivity index (χ1v) is 12.9. The van der Waals surface area contributed by atoms with E-state index >= 15 is 0 Å². The first-order valence-electron chi connectivity index (χ1n) is 11.5. The number of hydrogen-bond acceptors (Lipinski definition) is 6. The van der Waals surface area contributed by atoms with Crippen LogP contribution in [-0.4, -0.2) is 72.7 Å². The summed E-state index contributed by atoms with van der Waals surface area (Å²) in [5.41, 5.74) is 2.18. The van der Waals surface area contributed by atoms with Gasteiger partial charge in [0.2, 0.25) is 5.09 Å². The Morgan fingerprint density at radius 3 is 2.45 bits per heavy atom. The molecule has 3 aromatic rings. The van der Waals surface area contributed by atoms with Gasteiger partial charge in [-0.2, -0.15) is 4.31 Å². The summed E-state index contributed by atoms with van der Waals surface area (Å²) in [6.07, 6.45) is 4.55. The lowest BCUT2D eigenvalue weighted by Gasteiger charge is -2.34. The molecule has 2 aromatic heterocycles. The molecule has 1 amide bonds. The SMILES string of the molecule is O=C(c1ccc(S(=O)(=O)N2CCCCC2)o1)N1CCN(Cc2cccc3cccnc23)CC1. The monoisotopic (exact) mass is 468 g/mol. The highest BCUT2D eigenvalue weighted by molar-refractivity contribution is 7.89. The van der Waals surface area contributed by atoms with Crippen molar-refractivity contribution in [2.24, 2.45) is 0 Å². The number of piperazine rings is 1. The molecule has 0 saturated carbocycles. The fourth-order valence-electron chi connectivity index (χ4n) is 4.61. The number of benzene rings is 1. The fourth-order valence-corrected chi connectivity index (χ4v) is 6.04. The van der Waals surface area contributed by atoms with Crippen LogP contribution in [0.4, 0.5) is 0 Å². The van der Waals surface area contributed by atoms with E-state index in [4.69, 9.17) is 4.42 Å². The van der Waals surface area contributed by atoms with Gasteiger partial charge in [0.1, 0.15) is 0 Å². The van der Waals surface area contributed by atoms with Gasteiger partial charge in [-0.15, -0.1) is 0 Å². The molecule has 0 N–H and O–H groups in total. The van der Waals surface area contributed by atoms with Crippen LogP contribution in [-0.2, 0) is 16.6 Å². The van der Waals surface area contributed by atoms with Crippen molar-refractivity contribution in [2.45, 2.75) is 30.9 Å². The lowest BCUT2D eigenvalue weighted by atomic mass is 10.1. The number of sulfonamides is 1. The molecule has 0 unspecified atom stereocenters. The third-order valence-corrected chi connectivity index (χ3v) is 8.24. The lowest BCUT2D eigenvalue weighted by molar-refractivity contribution is 0.0592. The van der Waals surface area contributed by atoms with Crippen molar-refractivity contribution in [2.75, 3.05) is 39.3 Å². The van der Waals surface area contributed by atoms with Crippen LogP contribution in [0.2, 0.25) is 0 Å². The van der Waals surface area contributed by atoms with E-state index in [2.05, 4.69) is 28.1 Å². The number of aromatic nitrogens is 1. The number of amides is 1. The van der Waals surface area contributed by atoms with Gasteiger partial charge in [-0.3, -0.25) is 14.7 Å². The average molecular weight is 469 g/mol. The quantitative estimate of drug-likeness (QED) is 0.572. The number of fused-ring (bicyclic) bond motifs is 1. The number of nitrogens with zero attached hydrogens (tertiary/aromatic N) is 4. The Labute approximate surface area is 193 Å². The van der Waals surface area contributed by atoms with E-state index in [1.807, 2.05) is 18.3 Å². The zero-order valence-electron chi connectivity index (χ0n) is 18.5. The van der Waals surface area contributed by atoms with Gasteiger partial charge in [0.05, 0.1) is 5.52 Å². The molecule has 2 aliphatic rings. The van der Waals surface area contributed by atoms with Gasteiger partial charge in [-0.1, -0.05) is 30.7 Å². The molecule has 0 spiro atoms. The van der Waals surface area contributed by atoms with Crippen LogP contribution < -0.4 is 0 Å². The Balaban J connectivity index is 1.21. The minimum Gasteiger partial charge on any atom is -0.438 e. The van der Waals surface area contributed by atoms with Crippen LogP contribution in [0.3, 0.4) is 0 Å². The normalized spacial score (nSPS) is 18.6. The summed E-state index contributed by atoms with van der Waals surface area (Å²) in [4.78, 5) is 21.5. The van der Waals surface area contributed by atoms with E-state index in [-0.39, 0.29) is 16.8 Å². The molecule has 174 valence electrons. The van der Waals surface area contributed by atoms with Crippen molar-refractivity contribution in [3.63, 3.8) is 0 Å². The molecular formula is C24H28N4O4S. The van der Waals surface area contributed by atoms with E-state index in [9.17, 15) is 13.2 Å². The average Bonchev–Trinajstić information content (AvgIpc) is 3.36. The summed E-state index contributed by atoms with van der Waals surface area (Å²) >= 11 is 0. The summed E-state index contributed by atoms with van der Waals surface area (Å²) in [7, 11) is -3.69. The summed E-state index contributed by atoms with van der Waals surface area (Å²) < 4.78 is 32.6. The minimum atomic E-state index is -3.69. The number of rotatable bonds is 5. The summed E-state index contributed by atoms with van der Waals surface area (Å²) in [6.45, 7) is 4.36. The second-order valence-corrected chi connectivity index (χ2v) is 10.5. The predicted octanol–water partition coefficient (Wildman–Crippen LogP) is 2.96. The van der Waals surface area contributed by atoms with Crippen molar-refractivity contribution in [3.05, 3.63) is 60.0 Å². The number of piperidine rings is 1. The highest BCUT2D eigenvalue weighted by atomic mass is 32.2. The van der Waals surface area contributed by atoms with Gasteiger partial charge in [-0.05, 0) is 36.6 Å². The molecule has 0 radical (unpaired) electrons. The molecule has 2 saturated heterocycles. The van der Waals surface area contributed by atoms with Crippen molar-refractivity contribution in [3.8, 4) is 0 Å². The van der Waals surface area contributed by atoms with E-state index in [0.717, 1.165) is 49.8 Å². The van der Waals surface area contributed by atoms with Crippen LogP contribution >= 0.6 is 0 Å². The number of furan rings is 1. The van der Waals surface area contributed by atoms with Gasteiger partial charge in [0, 0.05) is 57.4 Å². The highest BCUT2D eigenvalue weighted by Gasteiger charge is 2.31. The maximum Gasteiger partial charge on any atom is 0.289 e. The van der Waals surface area contributed by atoms with Crippen LogP contribution in [0.25, 0.3) is 10.9 Å². The Kier molecular flexibility index (Phi) is 6.18. The molecule has 9 heteroatoms. The van der Waals surface area contributed by atoms with Crippen LogP contribution in [0, 0.1) is 0 Å². The number of hydrogen-bond donors (Lipinski definition) is 0. The molecule has 0 bridgehead atoms. The Hall–Kier alpha value is -2.75. The number of para-hydroxylation sites is 1. The smallest absolute Gasteiger partial charge is 0.289 e. The van der Waals surface area contributed by atoms with Gasteiger partial charge >= 0.3 is 0 Å². The second kappa shape index (κ2) is 9.24. The molecule has 33 heavy (non-hydrogen) atoms. The Bertz CT molecular complexity index is 1240. The number of pyridine rings is 1. The molecule has 8 nitrogen and oxygen atoms in total. The third kappa shape index (κ3) is 4.53.